The highest BCUT2D eigenvalue weighted by Crippen LogP contribution is 2.55. The van der Waals surface area contributed by atoms with Crippen molar-refractivity contribution < 1.29 is 19.0 Å². The molecule has 1 spiro atoms. The molecule has 5 heteroatoms. The summed E-state index contributed by atoms with van der Waals surface area (Å²) in [5.41, 5.74) is 0.661. The largest absolute Gasteiger partial charge is 0.416 e. The number of hydrogen-bond donors (Lipinski definition) is 1. The van der Waals surface area contributed by atoms with Gasteiger partial charge in [0.25, 0.3) is 0 Å². The van der Waals surface area contributed by atoms with Gasteiger partial charge in [-0.25, -0.2) is 0 Å². The summed E-state index contributed by atoms with van der Waals surface area (Å²) < 4.78 is 18.7. The fourth-order valence-corrected chi connectivity index (χ4v) is 5.02. The van der Waals surface area contributed by atoms with Gasteiger partial charge in [0.15, 0.2) is 14.1 Å². The van der Waals surface area contributed by atoms with Gasteiger partial charge in [0.05, 0.1) is 19.1 Å². The van der Waals surface area contributed by atoms with Crippen molar-refractivity contribution in [1.29, 1.82) is 0 Å². The van der Waals surface area contributed by atoms with Crippen LogP contribution in [-0.2, 0) is 13.9 Å². The van der Waals surface area contributed by atoms with Gasteiger partial charge in [-0.15, -0.1) is 5.92 Å². The third-order valence-corrected chi connectivity index (χ3v) is 11.7. The van der Waals surface area contributed by atoms with E-state index in [1.165, 1.54) is 0 Å². The summed E-state index contributed by atoms with van der Waals surface area (Å²) in [5, 5.41) is 11.0. The van der Waals surface area contributed by atoms with E-state index < -0.39 is 20.2 Å². The molecule has 0 radical (unpaired) electrons. The smallest absolute Gasteiger partial charge is 0.192 e. The molecule has 1 N–H and O–H groups in total. The van der Waals surface area contributed by atoms with E-state index in [1.54, 1.807) is 6.92 Å². The molecule has 0 aromatic carbocycles. The van der Waals surface area contributed by atoms with E-state index in [0.717, 1.165) is 5.57 Å². The second-order valence-corrected chi connectivity index (χ2v) is 14.7. The number of hydrogen-bond acceptors (Lipinski definition) is 4. The molecule has 27 heavy (non-hydrogen) atoms. The lowest BCUT2D eigenvalue weighted by Crippen LogP contribution is -2.57. The van der Waals surface area contributed by atoms with Crippen LogP contribution in [0.15, 0.2) is 12.2 Å². The molecule has 2 aliphatic rings. The summed E-state index contributed by atoms with van der Waals surface area (Å²) in [6, 6.07) is 0. The zero-order valence-electron chi connectivity index (χ0n) is 18.4. The van der Waals surface area contributed by atoms with E-state index in [0.29, 0.717) is 26.2 Å². The summed E-state index contributed by atoms with van der Waals surface area (Å²) in [4.78, 5) is 0. The zero-order chi connectivity index (χ0) is 20.7. The lowest BCUT2D eigenvalue weighted by atomic mass is 9.58. The summed E-state index contributed by atoms with van der Waals surface area (Å²) in [6.07, 6.45) is -0.156. The summed E-state index contributed by atoms with van der Waals surface area (Å²) in [5.74, 6) is 4.78. The van der Waals surface area contributed by atoms with Crippen molar-refractivity contribution in [1.82, 2.24) is 0 Å². The number of aliphatic hydroxyl groups excluding tert-OH is 1. The molecule has 154 valence electrons. The van der Waals surface area contributed by atoms with Gasteiger partial charge >= 0.3 is 0 Å². The fourth-order valence-electron chi connectivity index (χ4n) is 3.93. The van der Waals surface area contributed by atoms with Crippen LogP contribution in [0.5, 0.6) is 0 Å². The Labute approximate surface area is 166 Å². The Morgan fingerprint density at radius 2 is 1.89 bits per heavy atom. The van der Waals surface area contributed by atoms with Crippen molar-refractivity contribution in [2.24, 2.45) is 17.3 Å². The lowest BCUT2D eigenvalue weighted by Gasteiger charge is -2.54. The van der Waals surface area contributed by atoms with Crippen LogP contribution in [0, 0.1) is 29.1 Å². The molecule has 0 aromatic rings. The molecular formula is C22H38O4Si. The second-order valence-electron chi connectivity index (χ2n) is 9.92. The third kappa shape index (κ3) is 4.06. The molecule has 2 rings (SSSR count). The normalized spacial score (nSPS) is 32.3. The molecule has 2 unspecified atom stereocenters. The molecule has 4 atom stereocenters. The molecular weight excluding hydrogens is 356 g/mol. The third-order valence-electron chi connectivity index (χ3n) is 7.18. The van der Waals surface area contributed by atoms with E-state index >= 15 is 0 Å². The van der Waals surface area contributed by atoms with Gasteiger partial charge < -0.3 is 19.0 Å². The van der Waals surface area contributed by atoms with Crippen molar-refractivity contribution in [3.05, 3.63) is 12.2 Å². The summed E-state index contributed by atoms with van der Waals surface area (Å²) >= 11 is 0. The quantitative estimate of drug-likeness (QED) is 0.437. The Kier molecular flexibility index (Phi) is 6.41. The van der Waals surface area contributed by atoms with Crippen LogP contribution in [0.1, 0.15) is 48.0 Å². The van der Waals surface area contributed by atoms with Gasteiger partial charge in [-0.3, -0.25) is 0 Å². The Hall–Kier alpha value is -0.643. The summed E-state index contributed by atoms with van der Waals surface area (Å²) in [7, 11) is -1.89. The molecule has 1 saturated carbocycles. The first-order chi connectivity index (χ1) is 12.3. The maximum absolute atomic E-state index is 10.8. The van der Waals surface area contributed by atoms with Gasteiger partial charge in [0.2, 0.25) is 0 Å². The number of rotatable bonds is 4. The Balaban J connectivity index is 2.34. The molecule has 1 saturated heterocycles. The van der Waals surface area contributed by atoms with Crippen molar-refractivity contribution in [2.75, 3.05) is 19.8 Å². The van der Waals surface area contributed by atoms with Crippen molar-refractivity contribution in [2.45, 2.75) is 78.0 Å². The van der Waals surface area contributed by atoms with Gasteiger partial charge in [-0.1, -0.05) is 52.7 Å². The van der Waals surface area contributed by atoms with Crippen molar-refractivity contribution in [3.8, 4) is 11.8 Å². The molecule has 1 heterocycles. The fraction of sp³-hybridized carbons (Fsp3) is 0.818. The summed E-state index contributed by atoms with van der Waals surface area (Å²) in [6.45, 7) is 23.6. The van der Waals surface area contributed by atoms with Crippen LogP contribution >= 0.6 is 0 Å². The SMILES string of the molecule is C=C1C(C(O)C#CC)C2(C[C@H](C)[C@@]1(C)CO[Si](C)(C)C(C)(C)C)OCCO2. The monoisotopic (exact) mass is 394 g/mol. The minimum absolute atomic E-state index is 0.147. The highest BCUT2D eigenvalue weighted by Gasteiger charge is 2.59. The van der Waals surface area contributed by atoms with E-state index in [1.807, 2.05) is 0 Å². The number of ether oxygens (including phenoxy) is 2. The Bertz CT molecular complexity index is 618. The van der Waals surface area contributed by atoms with Gasteiger partial charge in [0, 0.05) is 18.4 Å². The van der Waals surface area contributed by atoms with Crippen molar-refractivity contribution >= 4 is 8.32 Å². The van der Waals surface area contributed by atoms with E-state index in [9.17, 15) is 5.11 Å². The Morgan fingerprint density at radius 3 is 2.37 bits per heavy atom. The minimum atomic E-state index is -1.89. The van der Waals surface area contributed by atoms with Gasteiger partial charge in [0.1, 0.15) is 6.10 Å². The zero-order valence-corrected chi connectivity index (χ0v) is 19.4. The minimum Gasteiger partial charge on any atom is -0.416 e. The predicted octanol–water partition coefficient (Wildman–Crippen LogP) is 4.35. The standard InChI is InChI=1S/C22H38O4Si/c1-10-11-18(23)19-17(3)21(7,15-26-27(8,9)20(4,5)6)16(2)14-22(19)24-12-13-25-22/h16,18-19,23H,3,12-15H2,1-2,4-9H3/t16-,18?,19?,21+/m0/s1. The molecule has 0 bridgehead atoms. The van der Waals surface area contributed by atoms with E-state index in [2.05, 4.69) is 66.1 Å². The van der Waals surface area contributed by atoms with Gasteiger partial charge in [-0.2, -0.15) is 0 Å². The van der Waals surface area contributed by atoms with Crippen LogP contribution in [0.4, 0.5) is 0 Å². The molecule has 1 aliphatic carbocycles. The highest BCUT2D eigenvalue weighted by atomic mass is 28.4. The lowest BCUT2D eigenvalue weighted by molar-refractivity contribution is -0.234. The maximum atomic E-state index is 10.8. The maximum Gasteiger partial charge on any atom is 0.192 e. The first kappa shape index (κ1) is 22.6. The van der Waals surface area contributed by atoms with Crippen LogP contribution in [-0.4, -0.2) is 45.1 Å². The van der Waals surface area contributed by atoms with E-state index in [-0.39, 0.29) is 22.3 Å². The first-order valence-electron chi connectivity index (χ1n) is 10.0. The van der Waals surface area contributed by atoms with Crippen LogP contribution in [0.2, 0.25) is 18.1 Å². The van der Waals surface area contributed by atoms with Crippen molar-refractivity contribution in [3.63, 3.8) is 0 Å². The molecule has 1 aliphatic heterocycles. The van der Waals surface area contributed by atoms with E-state index in [4.69, 9.17) is 13.9 Å². The average Bonchev–Trinajstić information content (AvgIpc) is 2.99. The average molecular weight is 395 g/mol. The topological polar surface area (TPSA) is 47.9 Å². The molecule has 0 aromatic heterocycles. The predicted molar refractivity (Wildman–Crippen MR) is 112 cm³/mol. The van der Waals surface area contributed by atoms with Gasteiger partial charge in [-0.05, 0) is 31.0 Å². The highest BCUT2D eigenvalue weighted by molar-refractivity contribution is 6.74. The molecule has 0 amide bonds. The number of aliphatic hydroxyl groups is 1. The second kappa shape index (κ2) is 7.65. The van der Waals surface area contributed by atoms with Crippen LogP contribution < -0.4 is 0 Å². The first-order valence-corrected chi connectivity index (χ1v) is 12.9. The molecule has 4 nitrogen and oxygen atoms in total. The van der Waals surface area contributed by atoms with Crippen LogP contribution in [0.3, 0.4) is 0 Å². The van der Waals surface area contributed by atoms with Crippen LogP contribution in [0.25, 0.3) is 0 Å². The Morgan fingerprint density at radius 1 is 1.33 bits per heavy atom. The molecule has 2 fully saturated rings.